The van der Waals surface area contributed by atoms with Crippen molar-refractivity contribution in [2.75, 3.05) is 10.0 Å². The van der Waals surface area contributed by atoms with Crippen LogP contribution in [0.25, 0.3) is 0 Å². The van der Waals surface area contributed by atoms with Gasteiger partial charge in [-0.1, -0.05) is 42.5 Å². The van der Waals surface area contributed by atoms with Crippen LogP contribution in [0, 0.1) is 0 Å². The summed E-state index contributed by atoms with van der Waals surface area (Å²) >= 11 is 0. The fourth-order valence-electron chi connectivity index (χ4n) is 2.66. The Morgan fingerprint density at radius 3 is 1.90 bits per heavy atom. The quantitative estimate of drug-likeness (QED) is 0.513. The molecule has 4 N–H and O–H groups in total. The molecule has 0 atom stereocenters. The highest BCUT2D eigenvalue weighted by Gasteiger charge is 2.16. The molecule has 0 bridgehead atoms. The minimum atomic E-state index is -3.82. The Balaban J connectivity index is 1.74. The Labute approximate surface area is 174 Å². The first-order chi connectivity index (χ1) is 14.1. The summed E-state index contributed by atoms with van der Waals surface area (Å²) in [7, 11) is -7.63. The molecule has 0 fully saturated rings. The van der Waals surface area contributed by atoms with Crippen molar-refractivity contribution < 1.29 is 21.6 Å². The highest BCUT2D eigenvalue weighted by atomic mass is 32.2. The zero-order chi connectivity index (χ0) is 21.8. The van der Waals surface area contributed by atoms with Crippen LogP contribution in [0.1, 0.15) is 5.56 Å². The largest absolute Gasteiger partial charge is 0.324 e. The molecule has 0 saturated heterocycles. The molecule has 3 aromatic rings. The first kappa shape index (κ1) is 21.5. The van der Waals surface area contributed by atoms with Gasteiger partial charge in [-0.3, -0.25) is 9.52 Å². The minimum absolute atomic E-state index is 0.0370. The van der Waals surface area contributed by atoms with Crippen LogP contribution < -0.4 is 15.2 Å². The average molecular weight is 446 g/mol. The van der Waals surface area contributed by atoms with Gasteiger partial charge in [0, 0.05) is 0 Å². The second kappa shape index (κ2) is 8.66. The first-order valence-electron chi connectivity index (χ1n) is 8.74. The van der Waals surface area contributed by atoms with E-state index in [9.17, 15) is 21.6 Å². The second-order valence-electron chi connectivity index (χ2n) is 6.38. The van der Waals surface area contributed by atoms with Crippen molar-refractivity contribution >= 4 is 37.3 Å². The molecular weight excluding hydrogens is 426 g/mol. The maximum Gasteiger partial charge on any atom is 0.261 e. The molecule has 0 spiro atoms. The van der Waals surface area contributed by atoms with E-state index in [0.29, 0.717) is 11.3 Å². The van der Waals surface area contributed by atoms with Crippen molar-refractivity contribution in [3.8, 4) is 0 Å². The fourth-order valence-corrected chi connectivity index (χ4v) is 4.28. The Kier molecular flexibility index (Phi) is 6.20. The Bertz CT molecular complexity index is 1260. The number of sulfonamides is 2. The molecule has 10 heteroatoms. The molecule has 0 unspecified atom stereocenters. The molecule has 0 aliphatic carbocycles. The molecule has 8 nitrogen and oxygen atoms in total. The van der Waals surface area contributed by atoms with Crippen molar-refractivity contribution in [3.63, 3.8) is 0 Å². The number of carbonyl (C=O) groups excluding carboxylic acids is 1. The van der Waals surface area contributed by atoms with Gasteiger partial charge in [-0.05, 0) is 42.0 Å². The molecule has 0 heterocycles. The first-order valence-corrected chi connectivity index (χ1v) is 11.8. The van der Waals surface area contributed by atoms with Crippen LogP contribution in [-0.2, 0) is 31.3 Å². The van der Waals surface area contributed by atoms with Crippen LogP contribution in [0.15, 0.2) is 88.7 Å². The van der Waals surface area contributed by atoms with E-state index < -0.39 is 26.0 Å². The van der Waals surface area contributed by atoms with Gasteiger partial charge in [0.2, 0.25) is 15.9 Å². The molecule has 0 aromatic heterocycles. The van der Waals surface area contributed by atoms with Crippen LogP contribution in [0.5, 0.6) is 0 Å². The monoisotopic (exact) mass is 445 g/mol. The molecule has 3 rings (SSSR count). The molecular formula is C20H19N3O5S2. The lowest BCUT2D eigenvalue weighted by Crippen LogP contribution is -2.18. The van der Waals surface area contributed by atoms with Gasteiger partial charge in [0.15, 0.2) is 0 Å². The number of carbonyl (C=O) groups is 1. The Morgan fingerprint density at radius 2 is 1.30 bits per heavy atom. The van der Waals surface area contributed by atoms with E-state index >= 15 is 0 Å². The van der Waals surface area contributed by atoms with E-state index in [4.69, 9.17) is 5.14 Å². The van der Waals surface area contributed by atoms with Crippen molar-refractivity contribution in [1.82, 2.24) is 0 Å². The van der Waals surface area contributed by atoms with Crippen molar-refractivity contribution in [1.29, 1.82) is 0 Å². The number of rotatable bonds is 7. The third-order valence-corrected chi connectivity index (χ3v) is 6.43. The molecule has 0 aliphatic heterocycles. The third-order valence-electron chi connectivity index (χ3n) is 4.12. The van der Waals surface area contributed by atoms with Crippen molar-refractivity contribution in [2.45, 2.75) is 16.2 Å². The SMILES string of the molecule is NS(=O)(=O)c1ccc(CC(=O)Nc2ccccc2NS(=O)(=O)c2ccccc2)cc1. The maximum atomic E-state index is 12.6. The molecule has 3 aromatic carbocycles. The van der Waals surface area contributed by atoms with Gasteiger partial charge in [0.1, 0.15) is 0 Å². The fraction of sp³-hybridized carbons (Fsp3) is 0.0500. The zero-order valence-electron chi connectivity index (χ0n) is 15.6. The van der Waals surface area contributed by atoms with E-state index in [2.05, 4.69) is 10.0 Å². The van der Waals surface area contributed by atoms with Crippen LogP contribution in [0.2, 0.25) is 0 Å². The summed E-state index contributed by atoms with van der Waals surface area (Å²) in [4.78, 5) is 12.5. The third kappa shape index (κ3) is 5.44. The van der Waals surface area contributed by atoms with Crippen LogP contribution >= 0.6 is 0 Å². The average Bonchev–Trinajstić information content (AvgIpc) is 2.70. The summed E-state index contributed by atoms with van der Waals surface area (Å²) in [6.07, 6.45) is -0.0370. The number of nitrogens with two attached hydrogens (primary N) is 1. The minimum Gasteiger partial charge on any atom is -0.324 e. The van der Waals surface area contributed by atoms with Gasteiger partial charge in [0.05, 0.1) is 27.6 Å². The summed E-state index contributed by atoms with van der Waals surface area (Å²) < 4.78 is 50.2. The highest BCUT2D eigenvalue weighted by Crippen LogP contribution is 2.24. The number of para-hydroxylation sites is 2. The van der Waals surface area contributed by atoms with Crippen molar-refractivity contribution in [2.24, 2.45) is 5.14 Å². The second-order valence-corrected chi connectivity index (χ2v) is 9.62. The summed E-state index contributed by atoms with van der Waals surface area (Å²) in [5.41, 5.74) is 1.09. The summed E-state index contributed by atoms with van der Waals surface area (Å²) in [6, 6.07) is 19.9. The molecule has 0 aliphatic rings. The molecule has 156 valence electrons. The number of benzene rings is 3. The lowest BCUT2D eigenvalue weighted by atomic mass is 10.1. The lowest BCUT2D eigenvalue weighted by molar-refractivity contribution is -0.115. The Hall–Kier alpha value is -3.21. The van der Waals surface area contributed by atoms with Gasteiger partial charge in [-0.15, -0.1) is 0 Å². The number of anilines is 2. The standard InChI is InChI=1S/C20H19N3O5S2/c21-29(25,26)16-12-10-15(11-13-16)14-20(24)22-18-8-4-5-9-19(18)23-30(27,28)17-6-2-1-3-7-17/h1-13,23H,14H2,(H,22,24)(H2,21,25,26). The number of nitrogens with one attached hydrogen (secondary N) is 2. The predicted octanol–water partition coefficient (Wildman–Crippen LogP) is 2.32. The highest BCUT2D eigenvalue weighted by molar-refractivity contribution is 7.92. The Morgan fingerprint density at radius 1 is 0.733 bits per heavy atom. The number of hydrogen-bond acceptors (Lipinski definition) is 5. The van der Waals surface area contributed by atoms with Crippen LogP contribution in [0.3, 0.4) is 0 Å². The van der Waals surface area contributed by atoms with E-state index in [1.54, 1.807) is 36.4 Å². The van der Waals surface area contributed by atoms with Gasteiger partial charge < -0.3 is 5.32 Å². The van der Waals surface area contributed by atoms with Crippen LogP contribution in [0.4, 0.5) is 11.4 Å². The maximum absolute atomic E-state index is 12.6. The van der Waals surface area contributed by atoms with Gasteiger partial charge in [-0.25, -0.2) is 22.0 Å². The molecule has 30 heavy (non-hydrogen) atoms. The lowest BCUT2D eigenvalue weighted by Gasteiger charge is -2.13. The number of hydrogen-bond donors (Lipinski definition) is 3. The summed E-state index contributed by atoms with van der Waals surface area (Å²) in [5, 5.41) is 7.73. The zero-order valence-corrected chi connectivity index (χ0v) is 17.3. The molecule has 1 amide bonds. The van der Waals surface area contributed by atoms with E-state index in [-0.39, 0.29) is 21.9 Å². The predicted molar refractivity (Wildman–Crippen MR) is 114 cm³/mol. The molecule has 0 radical (unpaired) electrons. The van der Waals surface area contributed by atoms with Crippen molar-refractivity contribution in [3.05, 3.63) is 84.4 Å². The summed E-state index contributed by atoms with van der Waals surface area (Å²) in [5.74, 6) is -0.398. The topological polar surface area (TPSA) is 135 Å². The van der Waals surface area contributed by atoms with E-state index in [1.165, 1.54) is 42.5 Å². The summed E-state index contributed by atoms with van der Waals surface area (Å²) in [6.45, 7) is 0. The number of primary sulfonamides is 1. The van der Waals surface area contributed by atoms with Crippen LogP contribution in [-0.4, -0.2) is 22.7 Å². The van der Waals surface area contributed by atoms with Gasteiger partial charge in [0.25, 0.3) is 10.0 Å². The smallest absolute Gasteiger partial charge is 0.261 e. The normalized spacial score (nSPS) is 11.6. The van der Waals surface area contributed by atoms with Gasteiger partial charge in [-0.2, -0.15) is 0 Å². The van der Waals surface area contributed by atoms with Gasteiger partial charge >= 0.3 is 0 Å². The van der Waals surface area contributed by atoms with E-state index in [0.717, 1.165) is 0 Å². The van der Waals surface area contributed by atoms with E-state index in [1.807, 2.05) is 0 Å². The molecule has 0 saturated carbocycles. The number of amides is 1.